The lowest BCUT2D eigenvalue weighted by atomic mass is 9.80. The third-order valence-electron chi connectivity index (χ3n) is 4.89. The summed E-state index contributed by atoms with van der Waals surface area (Å²) in [7, 11) is 3.17. The van der Waals surface area contributed by atoms with Gasteiger partial charge in [-0.25, -0.2) is 4.79 Å². The quantitative estimate of drug-likeness (QED) is 0.803. The number of thiophene rings is 1. The van der Waals surface area contributed by atoms with Crippen molar-refractivity contribution in [1.29, 1.82) is 0 Å². The van der Waals surface area contributed by atoms with Gasteiger partial charge >= 0.3 is 6.03 Å². The average Bonchev–Trinajstić information content (AvgIpc) is 3.31. The number of hydrogen-bond acceptors (Lipinski definition) is 4. The van der Waals surface area contributed by atoms with Gasteiger partial charge in [0.05, 0.1) is 14.2 Å². The van der Waals surface area contributed by atoms with Crippen LogP contribution in [-0.2, 0) is 5.41 Å². The van der Waals surface area contributed by atoms with Crippen molar-refractivity contribution in [3.05, 3.63) is 40.6 Å². The molecule has 1 aromatic heterocycles. The van der Waals surface area contributed by atoms with Crippen LogP contribution in [0.3, 0.4) is 0 Å². The zero-order valence-electron chi connectivity index (χ0n) is 14.6. The molecule has 1 aromatic carbocycles. The van der Waals surface area contributed by atoms with Crippen LogP contribution in [-0.4, -0.2) is 26.8 Å². The van der Waals surface area contributed by atoms with E-state index in [1.165, 1.54) is 18.4 Å². The number of benzene rings is 1. The van der Waals surface area contributed by atoms with Crippen molar-refractivity contribution >= 4 is 23.1 Å². The Morgan fingerprint density at radius 2 is 1.84 bits per heavy atom. The Bertz CT molecular complexity index is 687. The van der Waals surface area contributed by atoms with Gasteiger partial charge in [-0.2, -0.15) is 11.3 Å². The maximum absolute atomic E-state index is 12.4. The zero-order chi connectivity index (χ0) is 17.7. The van der Waals surface area contributed by atoms with E-state index >= 15 is 0 Å². The number of ether oxygens (including phenoxy) is 2. The Hall–Kier alpha value is -2.21. The van der Waals surface area contributed by atoms with Crippen molar-refractivity contribution in [2.24, 2.45) is 0 Å². The summed E-state index contributed by atoms with van der Waals surface area (Å²) >= 11 is 1.71. The number of carbonyl (C=O) groups excluding carboxylic acids is 1. The SMILES string of the molecule is COc1cc(NC(=O)NCC2(c3ccsc3)CCCC2)cc(OC)c1. The fourth-order valence-electron chi connectivity index (χ4n) is 3.49. The summed E-state index contributed by atoms with van der Waals surface area (Å²) in [6.07, 6.45) is 4.67. The molecule has 2 amide bonds. The normalized spacial score (nSPS) is 15.6. The van der Waals surface area contributed by atoms with Gasteiger partial charge in [0.15, 0.2) is 0 Å². The summed E-state index contributed by atoms with van der Waals surface area (Å²) in [6, 6.07) is 7.28. The van der Waals surface area contributed by atoms with Gasteiger partial charge in [-0.3, -0.25) is 0 Å². The monoisotopic (exact) mass is 360 g/mol. The topological polar surface area (TPSA) is 59.6 Å². The van der Waals surface area contributed by atoms with E-state index in [1.807, 2.05) is 0 Å². The lowest BCUT2D eigenvalue weighted by molar-refractivity contribution is 0.248. The first-order valence-corrected chi connectivity index (χ1v) is 9.40. The first-order valence-electron chi connectivity index (χ1n) is 8.46. The van der Waals surface area contributed by atoms with E-state index < -0.39 is 0 Å². The predicted molar refractivity (Wildman–Crippen MR) is 101 cm³/mol. The number of rotatable bonds is 6. The first-order chi connectivity index (χ1) is 12.1. The number of hydrogen-bond donors (Lipinski definition) is 2. The van der Waals surface area contributed by atoms with Crippen LogP contribution >= 0.6 is 11.3 Å². The number of methoxy groups -OCH3 is 2. The highest BCUT2D eigenvalue weighted by molar-refractivity contribution is 7.08. The van der Waals surface area contributed by atoms with Crippen LogP contribution in [0.1, 0.15) is 31.2 Å². The third kappa shape index (κ3) is 4.07. The minimum absolute atomic E-state index is 0.0728. The van der Waals surface area contributed by atoms with Crippen molar-refractivity contribution in [2.45, 2.75) is 31.1 Å². The Kier molecular flexibility index (Phi) is 5.48. The number of urea groups is 1. The largest absolute Gasteiger partial charge is 0.497 e. The van der Waals surface area contributed by atoms with Gasteiger partial charge in [-0.15, -0.1) is 0 Å². The van der Waals surface area contributed by atoms with Gasteiger partial charge in [0.25, 0.3) is 0 Å². The van der Waals surface area contributed by atoms with Gasteiger partial charge in [0, 0.05) is 35.8 Å². The molecular weight excluding hydrogens is 336 g/mol. The van der Waals surface area contributed by atoms with E-state index in [-0.39, 0.29) is 11.4 Å². The molecule has 0 radical (unpaired) electrons. The molecule has 1 fully saturated rings. The zero-order valence-corrected chi connectivity index (χ0v) is 15.4. The van der Waals surface area contributed by atoms with Gasteiger partial charge in [0.2, 0.25) is 0 Å². The molecular formula is C19H24N2O3S. The molecule has 134 valence electrons. The number of nitrogens with one attached hydrogen (secondary N) is 2. The maximum atomic E-state index is 12.4. The Morgan fingerprint density at radius 3 is 2.40 bits per heavy atom. The maximum Gasteiger partial charge on any atom is 0.319 e. The van der Waals surface area contributed by atoms with Crippen LogP contribution < -0.4 is 20.1 Å². The molecule has 1 aliphatic rings. The van der Waals surface area contributed by atoms with Gasteiger partial charge in [0.1, 0.15) is 11.5 Å². The molecule has 1 saturated carbocycles. The summed E-state index contributed by atoms with van der Waals surface area (Å²) in [5.74, 6) is 1.28. The molecule has 0 saturated heterocycles. The molecule has 0 unspecified atom stereocenters. The van der Waals surface area contributed by atoms with E-state index in [4.69, 9.17) is 9.47 Å². The molecule has 6 heteroatoms. The molecule has 2 aromatic rings. The second-order valence-electron chi connectivity index (χ2n) is 6.41. The smallest absolute Gasteiger partial charge is 0.319 e. The van der Waals surface area contributed by atoms with Gasteiger partial charge < -0.3 is 20.1 Å². The van der Waals surface area contributed by atoms with Gasteiger partial charge in [-0.1, -0.05) is 12.8 Å². The average molecular weight is 360 g/mol. The standard InChI is InChI=1S/C19H24N2O3S/c1-23-16-9-15(10-17(11-16)24-2)21-18(22)20-13-19(6-3-4-7-19)14-5-8-25-12-14/h5,8-12H,3-4,6-7,13H2,1-2H3,(H2,20,21,22). The summed E-state index contributed by atoms with van der Waals surface area (Å²) in [4.78, 5) is 12.4. The fraction of sp³-hybridized carbons (Fsp3) is 0.421. The Labute approximate surface area is 152 Å². The molecule has 5 nitrogen and oxygen atoms in total. The highest BCUT2D eigenvalue weighted by atomic mass is 32.1. The van der Waals surface area contributed by atoms with Crippen molar-refractivity contribution in [1.82, 2.24) is 5.32 Å². The Morgan fingerprint density at radius 1 is 1.16 bits per heavy atom. The number of anilines is 1. The molecule has 0 atom stereocenters. The first kappa shape index (κ1) is 17.6. The molecule has 1 aliphatic carbocycles. The Balaban J connectivity index is 1.65. The molecule has 0 spiro atoms. The minimum atomic E-state index is -0.211. The summed E-state index contributed by atoms with van der Waals surface area (Å²) in [5, 5.41) is 10.2. The fourth-order valence-corrected chi connectivity index (χ4v) is 4.27. The van der Waals surface area contributed by atoms with E-state index in [0.29, 0.717) is 23.7 Å². The van der Waals surface area contributed by atoms with Crippen LogP contribution in [0.5, 0.6) is 11.5 Å². The lowest BCUT2D eigenvalue weighted by Crippen LogP contribution is -2.40. The second-order valence-corrected chi connectivity index (χ2v) is 7.19. The molecule has 0 bridgehead atoms. The second kappa shape index (κ2) is 7.78. The van der Waals surface area contributed by atoms with Crippen molar-refractivity contribution in [2.75, 3.05) is 26.1 Å². The highest BCUT2D eigenvalue weighted by Gasteiger charge is 2.36. The lowest BCUT2D eigenvalue weighted by Gasteiger charge is -2.28. The van der Waals surface area contributed by atoms with E-state index in [0.717, 1.165) is 12.8 Å². The van der Waals surface area contributed by atoms with E-state index in [2.05, 4.69) is 27.5 Å². The van der Waals surface area contributed by atoms with Crippen LogP contribution in [0.25, 0.3) is 0 Å². The highest BCUT2D eigenvalue weighted by Crippen LogP contribution is 2.41. The summed E-state index contributed by atoms with van der Waals surface area (Å²) < 4.78 is 10.5. The third-order valence-corrected chi connectivity index (χ3v) is 5.57. The summed E-state index contributed by atoms with van der Waals surface area (Å²) in [6.45, 7) is 0.649. The number of amides is 2. The van der Waals surface area contributed by atoms with Gasteiger partial charge in [-0.05, 0) is 35.2 Å². The molecule has 3 rings (SSSR count). The van der Waals surface area contributed by atoms with Crippen molar-refractivity contribution in [3.63, 3.8) is 0 Å². The van der Waals surface area contributed by atoms with Crippen LogP contribution in [0.15, 0.2) is 35.0 Å². The van der Waals surface area contributed by atoms with Crippen LogP contribution in [0, 0.1) is 0 Å². The van der Waals surface area contributed by atoms with E-state index in [9.17, 15) is 4.79 Å². The molecule has 25 heavy (non-hydrogen) atoms. The van der Waals surface area contributed by atoms with E-state index in [1.54, 1.807) is 43.8 Å². The van der Waals surface area contributed by atoms with Crippen molar-refractivity contribution in [3.8, 4) is 11.5 Å². The van der Waals surface area contributed by atoms with Crippen molar-refractivity contribution < 1.29 is 14.3 Å². The van der Waals surface area contributed by atoms with Crippen LogP contribution in [0.4, 0.5) is 10.5 Å². The van der Waals surface area contributed by atoms with Crippen LogP contribution in [0.2, 0.25) is 0 Å². The molecule has 2 N–H and O–H groups in total. The molecule has 1 heterocycles. The summed E-state index contributed by atoms with van der Waals surface area (Å²) in [5.41, 5.74) is 2.06. The molecule has 0 aliphatic heterocycles. The number of carbonyl (C=O) groups is 1. The minimum Gasteiger partial charge on any atom is -0.497 e. The predicted octanol–water partition coefficient (Wildman–Crippen LogP) is 4.40.